The molecule has 1 aliphatic heterocycles. The van der Waals surface area contributed by atoms with Crippen LogP contribution in [0.25, 0.3) is 0 Å². The third-order valence-electron chi connectivity index (χ3n) is 4.29. The van der Waals surface area contributed by atoms with Gasteiger partial charge in [-0.15, -0.1) is 6.58 Å². The van der Waals surface area contributed by atoms with Crippen LogP contribution in [0, 0.1) is 5.92 Å². The minimum Gasteiger partial charge on any atom is -0.377 e. The van der Waals surface area contributed by atoms with Crippen LogP contribution in [-0.2, 0) is 9.53 Å². The van der Waals surface area contributed by atoms with Gasteiger partial charge in [-0.1, -0.05) is 17.7 Å². The fourth-order valence-electron chi connectivity index (χ4n) is 2.83. The zero-order chi connectivity index (χ0) is 17.4. The van der Waals surface area contributed by atoms with E-state index in [4.69, 9.17) is 16.3 Å². The Morgan fingerprint density at radius 3 is 2.50 bits per heavy atom. The summed E-state index contributed by atoms with van der Waals surface area (Å²) in [6.07, 6.45) is 4.15. The van der Waals surface area contributed by atoms with Crippen LogP contribution in [0.3, 0.4) is 0 Å². The van der Waals surface area contributed by atoms with Crippen molar-refractivity contribution in [1.29, 1.82) is 0 Å². The third-order valence-corrected chi connectivity index (χ3v) is 4.54. The summed E-state index contributed by atoms with van der Waals surface area (Å²) in [7, 11) is 0. The van der Waals surface area contributed by atoms with E-state index in [2.05, 4.69) is 6.58 Å². The summed E-state index contributed by atoms with van der Waals surface area (Å²) in [6.45, 7) is 6.42. The van der Waals surface area contributed by atoms with Gasteiger partial charge in [-0.2, -0.15) is 0 Å². The first kappa shape index (κ1) is 18.7. The van der Waals surface area contributed by atoms with Gasteiger partial charge in [-0.25, -0.2) is 0 Å². The second-order valence-electron chi connectivity index (χ2n) is 6.08. The maximum atomic E-state index is 12.3. The zero-order valence-electron chi connectivity index (χ0n) is 13.9. The molecule has 1 amide bonds. The van der Waals surface area contributed by atoms with Crippen molar-refractivity contribution < 1.29 is 14.3 Å². The molecular weight excluding hydrogens is 326 g/mol. The van der Waals surface area contributed by atoms with Gasteiger partial charge in [-0.3, -0.25) is 9.59 Å². The van der Waals surface area contributed by atoms with Crippen molar-refractivity contribution in [3.05, 3.63) is 47.5 Å². The van der Waals surface area contributed by atoms with Crippen LogP contribution < -0.4 is 0 Å². The van der Waals surface area contributed by atoms with Gasteiger partial charge in [0, 0.05) is 43.1 Å². The van der Waals surface area contributed by atoms with Gasteiger partial charge in [0.25, 0.3) is 0 Å². The van der Waals surface area contributed by atoms with E-state index < -0.39 is 0 Å². The van der Waals surface area contributed by atoms with E-state index in [1.807, 2.05) is 4.90 Å². The Morgan fingerprint density at radius 1 is 1.21 bits per heavy atom. The predicted molar refractivity (Wildman–Crippen MR) is 95.3 cm³/mol. The molecule has 1 aliphatic rings. The van der Waals surface area contributed by atoms with Gasteiger partial charge in [0.15, 0.2) is 5.78 Å². The molecule has 2 rings (SSSR count). The van der Waals surface area contributed by atoms with Crippen LogP contribution in [-0.4, -0.2) is 42.9 Å². The number of benzene rings is 1. The van der Waals surface area contributed by atoms with Gasteiger partial charge < -0.3 is 9.64 Å². The summed E-state index contributed by atoms with van der Waals surface area (Å²) in [5.74, 6) is 0.542. The molecule has 0 radical (unpaired) electrons. The normalized spacial score (nSPS) is 15.3. The van der Waals surface area contributed by atoms with E-state index in [0.29, 0.717) is 23.1 Å². The number of hydrogen-bond donors (Lipinski definition) is 0. The lowest BCUT2D eigenvalue weighted by Crippen LogP contribution is -2.39. The fraction of sp³-hybridized carbons (Fsp3) is 0.474. The molecule has 24 heavy (non-hydrogen) atoms. The second-order valence-corrected chi connectivity index (χ2v) is 6.52. The number of halogens is 1. The lowest BCUT2D eigenvalue weighted by molar-refractivity contribution is -0.132. The van der Waals surface area contributed by atoms with Crippen molar-refractivity contribution in [3.8, 4) is 0 Å². The number of likely N-dealkylation sites (tertiary alicyclic amines) is 1. The summed E-state index contributed by atoms with van der Waals surface area (Å²) in [5.41, 5.74) is 0.602. The molecule has 1 fully saturated rings. The first-order chi connectivity index (χ1) is 11.6. The topological polar surface area (TPSA) is 46.6 Å². The molecule has 0 N–H and O–H groups in total. The molecule has 1 aromatic carbocycles. The van der Waals surface area contributed by atoms with Gasteiger partial charge in [0.1, 0.15) is 0 Å². The molecule has 4 nitrogen and oxygen atoms in total. The van der Waals surface area contributed by atoms with Crippen molar-refractivity contribution in [2.75, 3.05) is 26.3 Å². The summed E-state index contributed by atoms with van der Waals surface area (Å²) in [6, 6.07) is 6.78. The number of nitrogens with zero attached hydrogens (tertiary/aromatic N) is 1. The Morgan fingerprint density at radius 2 is 1.88 bits per heavy atom. The largest absolute Gasteiger partial charge is 0.377 e. The molecule has 0 saturated carbocycles. The second kappa shape index (κ2) is 9.60. The van der Waals surface area contributed by atoms with Gasteiger partial charge in [0.2, 0.25) is 5.91 Å². The van der Waals surface area contributed by atoms with E-state index in [1.54, 1.807) is 30.3 Å². The quantitative estimate of drug-likeness (QED) is 0.408. The lowest BCUT2D eigenvalue weighted by Gasteiger charge is -2.31. The molecule has 5 heteroatoms. The molecule has 0 aliphatic carbocycles. The Hall–Kier alpha value is -1.65. The number of ketones is 1. The first-order valence-corrected chi connectivity index (χ1v) is 8.73. The predicted octanol–water partition coefficient (Wildman–Crippen LogP) is 3.74. The molecule has 130 valence electrons. The molecule has 0 spiro atoms. The van der Waals surface area contributed by atoms with E-state index in [9.17, 15) is 9.59 Å². The average molecular weight is 350 g/mol. The van der Waals surface area contributed by atoms with Crippen LogP contribution in [0.2, 0.25) is 5.02 Å². The van der Waals surface area contributed by atoms with Gasteiger partial charge >= 0.3 is 0 Å². The number of Topliss-reactive ketones (excluding diaryl/α,β-unsaturated/α-hetero) is 1. The van der Waals surface area contributed by atoms with Crippen LogP contribution in [0.15, 0.2) is 36.9 Å². The molecule has 1 heterocycles. The molecule has 0 unspecified atom stereocenters. The zero-order valence-corrected chi connectivity index (χ0v) is 14.6. The monoisotopic (exact) mass is 349 g/mol. The van der Waals surface area contributed by atoms with E-state index in [-0.39, 0.29) is 24.5 Å². The molecule has 1 saturated heterocycles. The third kappa shape index (κ3) is 5.77. The fourth-order valence-corrected chi connectivity index (χ4v) is 2.95. The van der Waals surface area contributed by atoms with Crippen molar-refractivity contribution >= 4 is 23.3 Å². The molecular formula is C19H24ClNO3. The van der Waals surface area contributed by atoms with Crippen LogP contribution in [0.5, 0.6) is 0 Å². The van der Waals surface area contributed by atoms with Crippen LogP contribution in [0.1, 0.15) is 36.0 Å². The number of hydrogen-bond acceptors (Lipinski definition) is 3. The highest BCUT2D eigenvalue weighted by atomic mass is 35.5. The van der Waals surface area contributed by atoms with Gasteiger partial charge in [-0.05, 0) is 43.0 Å². The first-order valence-electron chi connectivity index (χ1n) is 8.35. The molecule has 0 atom stereocenters. The van der Waals surface area contributed by atoms with Crippen molar-refractivity contribution in [3.63, 3.8) is 0 Å². The summed E-state index contributed by atoms with van der Waals surface area (Å²) < 4.78 is 5.48. The summed E-state index contributed by atoms with van der Waals surface area (Å²) >= 11 is 5.81. The van der Waals surface area contributed by atoms with Crippen LogP contribution in [0.4, 0.5) is 0 Å². The maximum absolute atomic E-state index is 12.3. The molecule has 0 aromatic heterocycles. The number of carbonyl (C=O) groups is 2. The minimum absolute atomic E-state index is 0.0206. The van der Waals surface area contributed by atoms with Crippen LogP contribution >= 0.6 is 11.6 Å². The highest BCUT2D eigenvalue weighted by Crippen LogP contribution is 2.19. The smallest absolute Gasteiger partial charge is 0.223 e. The lowest BCUT2D eigenvalue weighted by atomic mass is 9.97. The van der Waals surface area contributed by atoms with E-state index in [1.165, 1.54) is 0 Å². The number of ether oxygens (including phenoxy) is 1. The summed E-state index contributed by atoms with van der Waals surface area (Å²) in [4.78, 5) is 26.2. The number of piperidine rings is 1. The van der Waals surface area contributed by atoms with E-state index >= 15 is 0 Å². The van der Waals surface area contributed by atoms with Crippen molar-refractivity contribution in [1.82, 2.24) is 4.90 Å². The van der Waals surface area contributed by atoms with Crippen molar-refractivity contribution in [2.45, 2.75) is 25.7 Å². The van der Waals surface area contributed by atoms with Crippen molar-refractivity contribution in [2.24, 2.45) is 5.92 Å². The maximum Gasteiger partial charge on any atom is 0.223 e. The minimum atomic E-state index is -0.0206. The van der Waals surface area contributed by atoms with E-state index in [0.717, 1.165) is 32.5 Å². The number of amides is 1. The molecule has 0 bridgehead atoms. The Labute approximate surface area is 148 Å². The number of rotatable bonds is 8. The average Bonchev–Trinajstić information content (AvgIpc) is 2.61. The Balaban J connectivity index is 1.70. The standard InChI is InChI=1S/C19H24ClNO3/c1-2-13-24-14-15-9-11-21(12-10-15)19(23)8-7-18(22)16-3-5-17(20)6-4-16/h2-6,15H,1,7-14H2. The number of carbonyl (C=O) groups excluding carboxylic acids is 2. The highest BCUT2D eigenvalue weighted by Gasteiger charge is 2.23. The summed E-state index contributed by atoms with van der Waals surface area (Å²) in [5, 5.41) is 0.600. The Kier molecular flexibility index (Phi) is 7.47. The SMILES string of the molecule is C=CCOCC1CCN(C(=O)CCC(=O)c2ccc(Cl)cc2)CC1. The Bertz CT molecular complexity index is 562. The van der Waals surface area contributed by atoms with Gasteiger partial charge in [0.05, 0.1) is 6.61 Å². The molecule has 1 aromatic rings. The highest BCUT2D eigenvalue weighted by molar-refractivity contribution is 6.30.